The van der Waals surface area contributed by atoms with Crippen molar-refractivity contribution in [2.45, 2.75) is 20.3 Å². The lowest BCUT2D eigenvalue weighted by molar-refractivity contribution is -0.121. The van der Waals surface area contributed by atoms with Gasteiger partial charge in [-0.3, -0.25) is 9.59 Å². The Balaban J connectivity index is 2.71. The first-order valence-corrected chi connectivity index (χ1v) is 6.03. The number of hydrogen-bond donors (Lipinski definition) is 1. The minimum Gasteiger partial charge on any atom is -0.326 e. The van der Waals surface area contributed by atoms with Crippen LogP contribution in [-0.2, 0) is 14.4 Å². The van der Waals surface area contributed by atoms with Gasteiger partial charge < -0.3 is 15.0 Å². The van der Waals surface area contributed by atoms with Crippen LogP contribution in [0.25, 0.3) is 0 Å². The highest BCUT2D eigenvalue weighted by Crippen LogP contribution is 2.18. The Bertz CT molecular complexity index is 468. The Labute approximate surface area is 112 Å². The average molecular weight is 262 g/mol. The number of nitrogens with one attached hydrogen (secondary N) is 1. The summed E-state index contributed by atoms with van der Waals surface area (Å²) in [6, 6.07) is 6.94. The molecule has 0 spiro atoms. The molecule has 0 heterocycles. The highest BCUT2D eigenvalue weighted by atomic mass is 16.2. The fourth-order valence-corrected chi connectivity index (χ4v) is 1.58. The molecule has 1 unspecified atom stereocenters. The van der Waals surface area contributed by atoms with Crippen LogP contribution in [0.4, 0.5) is 11.4 Å². The topological polar surface area (TPSA) is 66.5 Å². The van der Waals surface area contributed by atoms with Crippen molar-refractivity contribution in [3.8, 4) is 0 Å². The van der Waals surface area contributed by atoms with Crippen molar-refractivity contribution in [2.75, 3.05) is 17.3 Å². The van der Waals surface area contributed by atoms with Crippen LogP contribution < -0.4 is 10.2 Å². The zero-order valence-electron chi connectivity index (χ0n) is 11.3. The Morgan fingerprint density at radius 3 is 2.37 bits per heavy atom. The Morgan fingerprint density at radius 1 is 1.32 bits per heavy atom. The third-order valence-corrected chi connectivity index (χ3v) is 2.68. The van der Waals surface area contributed by atoms with E-state index in [0.29, 0.717) is 5.69 Å². The van der Waals surface area contributed by atoms with Crippen molar-refractivity contribution in [2.24, 2.45) is 5.92 Å². The first-order chi connectivity index (χ1) is 8.93. The maximum atomic E-state index is 11.9. The number of hydrogen-bond acceptors (Lipinski definition) is 3. The Hall–Kier alpha value is -2.17. The number of carbonyl (C=O) groups excluding carboxylic acids is 3. The molecule has 102 valence electrons. The van der Waals surface area contributed by atoms with Gasteiger partial charge in [0.25, 0.3) is 0 Å². The predicted molar refractivity (Wildman–Crippen MR) is 74.0 cm³/mol. The van der Waals surface area contributed by atoms with Crippen LogP contribution in [0.3, 0.4) is 0 Å². The molecule has 1 atom stereocenters. The number of nitrogens with zero attached hydrogens (tertiary/aromatic N) is 1. The van der Waals surface area contributed by atoms with Crippen LogP contribution in [0.1, 0.15) is 20.3 Å². The van der Waals surface area contributed by atoms with Crippen LogP contribution in [0.15, 0.2) is 24.3 Å². The molecule has 5 heteroatoms. The molecule has 19 heavy (non-hydrogen) atoms. The molecule has 0 bridgehead atoms. The van der Waals surface area contributed by atoms with Gasteiger partial charge in [-0.25, -0.2) is 0 Å². The van der Waals surface area contributed by atoms with E-state index >= 15 is 0 Å². The zero-order chi connectivity index (χ0) is 14.4. The first kappa shape index (κ1) is 14.9. The molecule has 0 aromatic heterocycles. The van der Waals surface area contributed by atoms with Gasteiger partial charge in [-0.2, -0.15) is 0 Å². The van der Waals surface area contributed by atoms with Gasteiger partial charge in [0, 0.05) is 37.7 Å². The highest BCUT2D eigenvalue weighted by Gasteiger charge is 2.14. The maximum absolute atomic E-state index is 11.9. The minimum absolute atomic E-state index is 0.119. The summed E-state index contributed by atoms with van der Waals surface area (Å²) in [5, 5.41) is 2.65. The van der Waals surface area contributed by atoms with Crippen LogP contribution >= 0.6 is 0 Å². The molecule has 2 amide bonds. The molecule has 1 aromatic carbocycles. The van der Waals surface area contributed by atoms with Crippen LogP contribution in [0.2, 0.25) is 0 Å². The molecule has 0 radical (unpaired) electrons. The van der Waals surface area contributed by atoms with E-state index in [0.717, 1.165) is 12.0 Å². The van der Waals surface area contributed by atoms with E-state index in [1.54, 1.807) is 38.2 Å². The van der Waals surface area contributed by atoms with E-state index < -0.39 is 0 Å². The summed E-state index contributed by atoms with van der Waals surface area (Å²) in [5.74, 6) is -0.544. The van der Waals surface area contributed by atoms with Gasteiger partial charge in [-0.15, -0.1) is 0 Å². The van der Waals surface area contributed by atoms with Crippen molar-refractivity contribution in [3.63, 3.8) is 0 Å². The largest absolute Gasteiger partial charge is 0.326 e. The molecule has 1 rings (SSSR count). The van der Waals surface area contributed by atoms with E-state index in [9.17, 15) is 14.4 Å². The number of aldehydes is 1. The summed E-state index contributed by atoms with van der Waals surface area (Å²) in [7, 11) is 1.66. The van der Waals surface area contributed by atoms with Gasteiger partial charge in [-0.05, 0) is 24.3 Å². The van der Waals surface area contributed by atoms with E-state index in [2.05, 4.69) is 5.32 Å². The first-order valence-electron chi connectivity index (χ1n) is 6.03. The van der Waals surface area contributed by atoms with E-state index in [4.69, 9.17) is 0 Å². The summed E-state index contributed by atoms with van der Waals surface area (Å²) < 4.78 is 0. The van der Waals surface area contributed by atoms with Crippen molar-refractivity contribution in [3.05, 3.63) is 24.3 Å². The molecule has 5 nitrogen and oxygen atoms in total. The van der Waals surface area contributed by atoms with E-state index in [1.165, 1.54) is 11.8 Å². The van der Waals surface area contributed by atoms with Gasteiger partial charge in [0.05, 0.1) is 0 Å². The van der Waals surface area contributed by atoms with E-state index in [-0.39, 0.29) is 24.2 Å². The predicted octanol–water partition coefficient (Wildman–Crippen LogP) is 1.83. The number of anilines is 2. The van der Waals surface area contributed by atoms with Crippen molar-refractivity contribution < 1.29 is 14.4 Å². The standard InChI is InChI=1S/C14H18N2O3/c1-10(9-17)8-14(19)16(3)13-6-4-12(5-7-13)15-11(2)18/h4-7,9-10H,8H2,1-3H3,(H,15,18). The molecule has 0 aliphatic carbocycles. The summed E-state index contributed by atoms with van der Waals surface area (Å²) in [5.41, 5.74) is 1.40. The second-order valence-corrected chi connectivity index (χ2v) is 4.50. The molecule has 1 N–H and O–H groups in total. The minimum atomic E-state index is -0.284. The summed E-state index contributed by atoms with van der Waals surface area (Å²) >= 11 is 0. The Morgan fingerprint density at radius 2 is 1.89 bits per heavy atom. The van der Waals surface area contributed by atoms with Crippen molar-refractivity contribution in [1.29, 1.82) is 0 Å². The lowest BCUT2D eigenvalue weighted by Gasteiger charge is -2.18. The molecular formula is C14H18N2O3. The molecule has 0 saturated carbocycles. The van der Waals surface area contributed by atoms with Gasteiger partial charge in [0.2, 0.25) is 11.8 Å². The third kappa shape index (κ3) is 4.54. The zero-order valence-corrected chi connectivity index (χ0v) is 11.3. The fraction of sp³-hybridized carbons (Fsp3) is 0.357. The van der Waals surface area contributed by atoms with Gasteiger partial charge in [-0.1, -0.05) is 6.92 Å². The molecular weight excluding hydrogens is 244 g/mol. The smallest absolute Gasteiger partial charge is 0.227 e. The molecule has 0 fully saturated rings. The van der Waals surface area contributed by atoms with Gasteiger partial charge >= 0.3 is 0 Å². The average Bonchev–Trinajstić information content (AvgIpc) is 2.37. The number of amides is 2. The number of rotatable bonds is 5. The molecule has 1 aromatic rings. The third-order valence-electron chi connectivity index (χ3n) is 2.68. The van der Waals surface area contributed by atoms with Crippen LogP contribution in [0.5, 0.6) is 0 Å². The SMILES string of the molecule is CC(=O)Nc1ccc(N(C)C(=O)CC(C)C=O)cc1. The second-order valence-electron chi connectivity index (χ2n) is 4.50. The van der Waals surface area contributed by atoms with E-state index in [1.807, 2.05) is 0 Å². The monoisotopic (exact) mass is 262 g/mol. The molecule has 0 saturated heterocycles. The normalized spacial score (nSPS) is 11.5. The van der Waals surface area contributed by atoms with Crippen LogP contribution in [-0.4, -0.2) is 25.1 Å². The lowest BCUT2D eigenvalue weighted by atomic mass is 10.1. The summed E-state index contributed by atoms with van der Waals surface area (Å²) in [6.07, 6.45) is 0.957. The highest BCUT2D eigenvalue weighted by molar-refractivity contribution is 5.94. The summed E-state index contributed by atoms with van der Waals surface area (Å²) in [6.45, 7) is 3.14. The quantitative estimate of drug-likeness (QED) is 0.823. The summed E-state index contributed by atoms with van der Waals surface area (Å²) in [4.78, 5) is 34.8. The molecule has 0 aliphatic heterocycles. The second kappa shape index (κ2) is 6.68. The number of benzene rings is 1. The van der Waals surface area contributed by atoms with Gasteiger partial charge in [0.1, 0.15) is 6.29 Å². The molecule has 0 aliphatic rings. The maximum Gasteiger partial charge on any atom is 0.227 e. The van der Waals surface area contributed by atoms with Crippen molar-refractivity contribution >= 4 is 29.5 Å². The van der Waals surface area contributed by atoms with Crippen LogP contribution in [0, 0.1) is 5.92 Å². The van der Waals surface area contributed by atoms with Gasteiger partial charge in [0.15, 0.2) is 0 Å². The lowest BCUT2D eigenvalue weighted by Crippen LogP contribution is -2.27. The fourth-order valence-electron chi connectivity index (χ4n) is 1.58. The van der Waals surface area contributed by atoms with Crippen molar-refractivity contribution in [1.82, 2.24) is 0 Å². The number of carbonyl (C=O) groups is 3. The Kier molecular flexibility index (Phi) is 5.23.